The molecule has 1 atom stereocenters. The molecule has 7 heteroatoms. The lowest BCUT2D eigenvalue weighted by Gasteiger charge is -2.33. The number of nitrogens with one attached hydrogen (secondary N) is 1. The molecule has 1 fully saturated rings. The van der Waals surface area contributed by atoms with Crippen molar-refractivity contribution >= 4 is 18.0 Å². The summed E-state index contributed by atoms with van der Waals surface area (Å²) >= 11 is 0. The summed E-state index contributed by atoms with van der Waals surface area (Å²) in [6, 6.07) is 14.9. The average Bonchev–Trinajstić information content (AvgIpc) is 2.98. The number of fused-ring (bicyclic) bond motifs is 3. The molecule has 0 saturated carbocycles. The maximum absolute atomic E-state index is 12.4. The first-order valence-corrected chi connectivity index (χ1v) is 9.66. The summed E-state index contributed by atoms with van der Waals surface area (Å²) in [6.07, 6.45) is -0.372. The maximum Gasteiger partial charge on any atom is 0.407 e. The van der Waals surface area contributed by atoms with Crippen LogP contribution < -0.4 is 5.32 Å². The summed E-state index contributed by atoms with van der Waals surface area (Å²) in [6.45, 7) is 1.28. The number of aliphatic carboxylic acids is 1. The van der Waals surface area contributed by atoms with Crippen LogP contribution in [0.2, 0.25) is 0 Å². The number of nitrogens with zero attached hydrogens (tertiary/aromatic N) is 1. The van der Waals surface area contributed by atoms with Crippen molar-refractivity contribution in [2.45, 2.75) is 24.8 Å². The summed E-state index contributed by atoms with van der Waals surface area (Å²) in [5.74, 6) is -1.63. The predicted molar refractivity (Wildman–Crippen MR) is 105 cm³/mol. The molecular formula is C22H22N2O5. The van der Waals surface area contributed by atoms with Gasteiger partial charge in [0.05, 0.1) is 6.42 Å². The molecular weight excluding hydrogens is 372 g/mol. The molecule has 2 amide bonds. The number of likely N-dealkylation sites (tertiary alicyclic amines) is 1. The fraction of sp³-hybridized carbons (Fsp3) is 0.318. The van der Waals surface area contributed by atoms with E-state index in [4.69, 9.17) is 9.84 Å². The molecule has 1 unspecified atom stereocenters. The first-order chi connectivity index (χ1) is 14.0. The van der Waals surface area contributed by atoms with Gasteiger partial charge in [0, 0.05) is 19.0 Å². The van der Waals surface area contributed by atoms with Crippen molar-refractivity contribution in [3.8, 4) is 11.1 Å². The molecule has 0 bridgehead atoms. The van der Waals surface area contributed by atoms with E-state index in [9.17, 15) is 14.4 Å². The van der Waals surface area contributed by atoms with Gasteiger partial charge in [-0.1, -0.05) is 48.5 Å². The van der Waals surface area contributed by atoms with E-state index in [2.05, 4.69) is 5.32 Å². The molecule has 1 heterocycles. The number of carbonyl (C=O) groups is 3. The topological polar surface area (TPSA) is 95.9 Å². The Morgan fingerprint density at radius 1 is 1.03 bits per heavy atom. The van der Waals surface area contributed by atoms with Gasteiger partial charge in [0.15, 0.2) is 0 Å². The van der Waals surface area contributed by atoms with Crippen LogP contribution in [0, 0.1) is 0 Å². The molecule has 1 saturated heterocycles. The normalized spacial score (nSPS) is 15.7. The number of benzene rings is 2. The Balaban J connectivity index is 1.43. The van der Waals surface area contributed by atoms with Crippen molar-refractivity contribution in [1.82, 2.24) is 10.2 Å². The van der Waals surface area contributed by atoms with Crippen LogP contribution in [0.15, 0.2) is 48.5 Å². The molecule has 2 N–H and O–H groups in total. The second-order valence-corrected chi connectivity index (χ2v) is 7.30. The SMILES string of the molecule is O=C(O)CC(NC(=O)OCC1c2ccccc2-c2ccccc21)C(=O)N1CCC1. The fourth-order valence-electron chi connectivity index (χ4n) is 3.91. The number of carbonyl (C=O) groups excluding carboxylic acids is 2. The largest absolute Gasteiger partial charge is 0.481 e. The molecule has 0 spiro atoms. The van der Waals surface area contributed by atoms with Gasteiger partial charge in [-0.05, 0) is 28.7 Å². The van der Waals surface area contributed by atoms with Crippen LogP contribution >= 0.6 is 0 Å². The van der Waals surface area contributed by atoms with Crippen LogP contribution in [0.4, 0.5) is 4.79 Å². The van der Waals surface area contributed by atoms with Crippen molar-refractivity contribution in [2.75, 3.05) is 19.7 Å². The van der Waals surface area contributed by atoms with Crippen LogP contribution in [0.5, 0.6) is 0 Å². The summed E-state index contributed by atoms with van der Waals surface area (Å²) in [7, 11) is 0. The van der Waals surface area contributed by atoms with Crippen LogP contribution in [0.25, 0.3) is 11.1 Å². The smallest absolute Gasteiger partial charge is 0.407 e. The zero-order chi connectivity index (χ0) is 20.4. The van der Waals surface area contributed by atoms with Gasteiger partial charge in [-0.25, -0.2) is 4.79 Å². The number of hydrogen-bond donors (Lipinski definition) is 2. The zero-order valence-corrected chi connectivity index (χ0v) is 15.8. The Morgan fingerprint density at radius 2 is 1.62 bits per heavy atom. The number of alkyl carbamates (subject to hydrolysis) is 1. The quantitative estimate of drug-likeness (QED) is 0.785. The lowest BCUT2D eigenvalue weighted by Crippen LogP contribution is -2.53. The van der Waals surface area contributed by atoms with Gasteiger partial charge in [0.25, 0.3) is 0 Å². The summed E-state index contributed by atoms with van der Waals surface area (Å²) in [5.41, 5.74) is 4.41. The molecule has 1 aliphatic heterocycles. The Labute approximate surface area is 168 Å². The highest BCUT2D eigenvalue weighted by Crippen LogP contribution is 2.44. The second-order valence-electron chi connectivity index (χ2n) is 7.30. The van der Waals surface area contributed by atoms with Crippen molar-refractivity contribution in [3.63, 3.8) is 0 Å². The first kappa shape index (κ1) is 19.0. The number of ether oxygens (including phenoxy) is 1. The molecule has 1 aliphatic carbocycles. The number of rotatable bonds is 6. The van der Waals surface area contributed by atoms with E-state index < -0.39 is 24.5 Å². The molecule has 0 radical (unpaired) electrons. The van der Waals surface area contributed by atoms with E-state index in [0.29, 0.717) is 13.1 Å². The minimum absolute atomic E-state index is 0.0999. The van der Waals surface area contributed by atoms with Crippen molar-refractivity contribution in [1.29, 1.82) is 0 Å². The lowest BCUT2D eigenvalue weighted by atomic mass is 9.98. The van der Waals surface area contributed by atoms with Gasteiger partial charge in [0.2, 0.25) is 5.91 Å². The van der Waals surface area contributed by atoms with E-state index in [1.165, 1.54) is 4.90 Å². The minimum atomic E-state index is -1.15. The molecule has 29 heavy (non-hydrogen) atoms. The predicted octanol–water partition coefficient (Wildman–Crippen LogP) is 2.60. The van der Waals surface area contributed by atoms with E-state index in [-0.39, 0.29) is 18.4 Å². The monoisotopic (exact) mass is 394 g/mol. The number of hydrogen-bond acceptors (Lipinski definition) is 4. The van der Waals surface area contributed by atoms with Gasteiger partial charge < -0.3 is 20.1 Å². The first-order valence-electron chi connectivity index (χ1n) is 9.66. The van der Waals surface area contributed by atoms with Crippen molar-refractivity contribution < 1.29 is 24.2 Å². The standard InChI is InChI=1S/C22H22N2O5/c25-20(26)12-19(21(27)24-10-5-11-24)23-22(28)29-13-18-16-8-3-1-6-14(16)15-7-2-4-9-17(15)18/h1-4,6-9,18-19H,5,10-13H2,(H,23,28)(H,25,26). The molecule has 2 aromatic rings. The van der Waals surface area contributed by atoms with Gasteiger partial charge in [-0.3, -0.25) is 9.59 Å². The minimum Gasteiger partial charge on any atom is -0.481 e. The van der Waals surface area contributed by atoms with Gasteiger partial charge in [0.1, 0.15) is 12.6 Å². The number of amides is 2. The Morgan fingerprint density at radius 3 is 2.14 bits per heavy atom. The molecule has 2 aromatic carbocycles. The van der Waals surface area contributed by atoms with E-state index in [1.807, 2.05) is 48.5 Å². The van der Waals surface area contributed by atoms with E-state index in [0.717, 1.165) is 28.7 Å². The Bertz CT molecular complexity index is 908. The highest BCUT2D eigenvalue weighted by molar-refractivity contribution is 5.89. The summed E-state index contributed by atoms with van der Waals surface area (Å²) in [4.78, 5) is 37.4. The second kappa shape index (κ2) is 7.95. The van der Waals surface area contributed by atoms with Gasteiger partial charge in [-0.2, -0.15) is 0 Å². The number of carboxylic acid groups (broad SMARTS) is 1. The van der Waals surface area contributed by atoms with E-state index >= 15 is 0 Å². The third kappa shape index (κ3) is 3.81. The highest BCUT2D eigenvalue weighted by Gasteiger charge is 2.32. The van der Waals surface area contributed by atoms with E-state index in [1.54, 1.807) is 0 Å². The molecule has 0 aromatic heterocycles. The van der Waals surface area contributed by atoms with Crippen LogP contribution in [0.1, 0.15) is 29.9 Å². The van der Waals surface area contributed by atoms with Crippen LogP contribution in [-0.2, 0) is 14.3 Å². The third-order valence-electron chi connectivity index (χ3n) is 5.48. The van der Waals surface area contributed by atoms with Crippen LogP contribution in [0.3, 0.4) is 0 Å². The van der Waals surface area contributed by atoms with Gasteiger partial charge >= 0.3 is 12.1 Å². The summed E-state index contributed by atoms with van der Waals surface area (Å²) in [5, 5.41) is 11.5. The Hall–Kier alpha value is -3.35. The highest BCUT2D eigenvalue weighted by atomic mass is 16.5. The zero-order valence-electron chi connectivity index (χ0n) is 15.8. The van der Waals surface area contributed by atoms with Gasteiger partial charge in [-0.15, -0.1) is 0 Å². The Kier molecular flexibility index (Phi) is 5.20. The maximum atomic E-state index is 12.4. The summed E-state index contributed by atoms with van der Waals surface area (Å²) < 4.78 is 5.42. The third-order valence-corrected chi connectivity index (χ3v) is 5.48. The fourth-order valence-corrected chi connectivity index (χ4v) is 3.91. The van der Waals surface area contributed by atoms with Crippen LogP contribution in [-0.4, -0.2) is 53.7 Å². The van der Waals surface area contributed by atoms with Crippen molar-refractivity contribution in [3.05, 3.63) is 59.7 Å². The van der Waals surface area contributed by atoms with Crippen molar-refractivity contribution in [2.24, 2.45) is 0 Å². The molecule has 4 rings (SSSR count). The molecule has 150 valence electrons. The number of carboxylic acids is 1. The molecule has 2 aliphatic rings. The molecule has 7 nitrogen and oxygen atoms in total. The average molecular weight is 394 g/mol. The lowest BCUT2D eigenvalue weighted by molar-refractivity contribution is -0.144.